The Bertz CT molecular complexity index is 455. The molecule has 5 nitrogen and oxygen atoms in total. The Morgan fingerprint density at radius 2 is 2.35 bits per heavy atom. The zero-order valence-electron chi connectivity index (χ0n) is 11.8. The van der Waals surface area contributed by atoms with Crippen LogP contribution in [0.5, 0.6) is 5.75 Å². The lowest BCUT2D eigenvalue weighted by molar-refractivity contribution is 0.0600. The normalized spacial score (nSPS) is 17.9. The summed E-state index contributed by atoms with van der Waals surface area (Å²) in [7, 11) is 1.35. The Morgan fingerprint density at radius 3 is 3.05 bits per heavy atom. The number of methoxy groups -OCH3 is 1. The van der Waals surface area contributed by atoms with Crippen molar-refractivity contribution in [2.24, 2.45) is 0 Å². The molecule has 20 heavy (non-hydrogen) atoms. The standard InChI is InChI=1S/C15H21NO4/c1-18-15(17)11-6-7-13(16)14(10-11)20-9-3-5-12-4-2-8-19-12/h6-7,10,12H,2-5,8-9,16H2,1H3. The fraction of sp³-hybridized carbons (Fsp3) is 0.533. The van der Waals surface area contributed by atoms with Crippen LogP contribution in [0.3, 0.4) is 0 Å². The Morgan fingerprint density at radius 1 is 1.50 bits per heavy atom. The quantitative estimate of drug-likeness (QED) is 0.492. The van der Waals surface area contributed by atoms with E-state index in [4.69, 9.17) is 15.2 Å². The van der Waals surface area contributed by atoms with Gasteiger partial charge in [-0.3, -0.25) is 0 Å². The average molecular weight is 279 g/mol. The highest BCUT2D eigenvalue weighted by Gasteiger charge is 2.15. The number of anilines is 1. The van der Waals surface area contributed by atoms with Crippen molar-refractivity contribution in [1.82, 2.24) is 0 Å². The second kappa shape index (κ2) is 7.14. The highest BCUT2D eigenvalue weighted by Crippen LogP contribution is 2.24. The fourth-order valence-corrected chi connectivity index (χ4v) is 2.27. The molecule has 2 N–H and O–H groups in total. The number of benzene rings is 1. The van der Waals surface area contributed by atoms with E-state index in [0.29, 0.717) is 29.7 Å². The summed E-state index contributed by atoms with van der Waals surface area (Å²) in [6, 6.07) is 4.90. The number of carbonyl (C=O) groups excluding carboxylic acids is 1. The van der Waals surface area contributed by atoms with Gasteiger partial charge in [-0.15, -0.1) is 0 Å². The van der Waals surface area contributed by atoms with Gasteiger partial charge in [0.15, 0.2) is 0 Å². The summed E-state index contributed by atoms with van der Waals surface area (Å²) in [5.74, 6) is 0.134. The van der Waals surface area contributed by atoms with Gasteiger partial charge in [-0.05, 0) is 43.9 Å². The lowest BCUT2D eigenvalue weighted by Crippen LogP contribution is -2.09. The van der Waals surface area contributed by atoms with Gasteiger partial charge in [0, 0.05) is 6.61 Å². The number of hydrogen-bond donors (Lipinski definition) is 1. The van der Waals surface area contributed by atoms with Gasteiger partial charge in [0.25, 0.3) is 0 Å². The van der Waals surface area contributed by atoms with Crippen molar-refractivity contribution in [1.29, 1.82) is 0 Å². The number of ether oxygens (including phenoxy) is 3. The number of nitrogens with two attached hydrogens (primary N) is 1. The van der Waals surface area contributed by atoms with Crippen LogP contribution >= 0.6 is 0 Å². The minimum absolute atomic E-state index is 0.373. The molecule has 1 heterocycles. The Balaban J connectivity index is 1.83. The smallest absolute Gasteiger partial charge is 0.337 e. The van der Waals surface area contributed by atoms with Crippen molar-refractivity contribution in [3.8, 4) is 5.75 Å². The highest BCUT2D eigenvalue weighted by molar-refractivity contribution is 5.90. The summed E-state index contributed by atoms with van der Waals surface area (Å²) in [6.45, 7) is 1.44. The van der Waals surface area contributed by atoms with Crippen molar-refractivity contribution in [3.05, 3.63) is 23.8 Å². The lowest BCUT2D eigenvalue weighted by Gasteiger charge is -2.12. The van der Waals surface area contributed by atoms with Crippen molar-refractivity contribution >= 4 is 11.7 Å². The van der Waals surface area contributed by atoms with E-state index < -0.39 is 5.97 Å². The van der Waals surface area contributed by atoms with E-state index in [0.717, 1.165) is 32.3 Å². The predicted octanol–water partition coefficient (Wildman–Crippen LogP) is 2.39. The highest BCUT2D eigenvalue weighted by atomic mass is 16.5. The van der Waals surface area contributed by atoms with Gasteiger partial charge in [-0.1, -0.05) is 0 Å². The molecule has 1 aromatic rings. The van der Waals surface area contributed by atoms with Crippen molar-refractivity contribution in [2.75, 3.05) is 26.1 Å². The van der Waals surface area contributed by atoms with Crippen molar-refractivity contribution in [2.45, 2.75) is 31.8 Å². The minimum atomic E-state index is -0.394. The van der Waals surface area contributed by atoms with Gasteiger partial charge in [0.1, 0.15) is 5.75 Å². The molecule has 1 atom stereocenters. The SMILES string of the molecule is COC(=O)c1ccc(N)c(OCCCC2CCCO2)c1. The van der Waals surface area contributed by atoms with Crippen LogP contribution in [0.15, 0.2) is 18.2 Å². The molecule has 0 spiro atoms. The molecule has 0 saturated carbocycles. The number of nitrogen functional groups attached to an aromatic ring is 1. The molecule has 1 unspecified atom stereocenters. The van der Waals surface area contributed by atoms with E-state index in [-0.39, 0.29) is 0 Å². The first-order valence-electron chi connectivity index (χ1n) is 6.93. The summed E-state index contributed by atoms with van der Waals surface area (Å²) >= 11 is 0. The number of hydrogen-bond acceptors (Lipinski definition) is 5. The monoisotopic (exact) mass is 279 g/mol. The molecular weight excluding hydrogens is 258 g/mol. The van der Waals surface area contributed by atoms with E-state index in [1.807, 2.05) is 0 Å². The van der Waals surface area contributed by atoms with Crippen LogP contribution in [0.1, 0.15) is 36.0 Å². The van der Waals surface area contributed by atoms with Crippen molar-refractivity contribution < 1.29 is 19.0 Å². The molecule has 1 saturated heterocycles. The first kappa shape index (κ1) is 14.7. The molecule has 0 bridgehead atoms. The van der Waals surface area contributed by atoms with E-state index in [1.54, 1.807) is 18.2 Å². The zero-order valence-corrected chi connectivity index (χ0v) is 11.8. The van der Waals surface area contributed by atoms with Gasteiger partial charge in [0.2, 0.25) is 0 Å². The molecule has 2 rings (SSSR count). The average Bonchev–Trinajstić information content (AvgIpc) is 2.97. The summed E-state index contributed by atoms with van der Waals surface area (Å²) in [6.07, 6.45) is 4.57. The molecule has 1 aliphatic heterocycles. The molecule has 0 aliphatic carbocycles. The maximum Gasteiger partial charge on any atom is 0.337 e. The Labute approximate surface area is 119 Å². The Kier molecular flexibility index (Phi) is 5.24. The molecular formula is C15H21NO4. The first-order valence-corrected chi connectivity index (χ1v) is 6.93. The molecule has 0 amide bonds. The summed E-state index contributed by atoms with van der Waals surface area (Å²) in [4.78, 5) is 11.4. The van der Waals surface area contributed by atoms with Crippen LogP contribution in [0.2, 0.25) is 0 Å². The summed E-state index contributed by atoms with van der Waals surface area (Å²) in [5, 5.41) is 0. The van der Waals surface area contributed by atoms with Gasteiger partial charge in [0.05, 0.1) is 31.1 Å². The lowest BCUT2D eigenvalue weighted by atomic mass is 10.1. The molecule has 110 valence electrons. The van der Waals surface area contributed by atoms with Gasteiger partial charge in [-0.25, -0.2) is 4.79 Å². The third-order valence-electron chi connectivity index (χ3n) is 3.39. The third kappa shape index (κ3) is 3.87. The summed E-state index contributed by atoms with van der Waals surface area (Å²) < 4.78 is 15.9. The van der Waals surface area contributed by atoms with Gasteiger partial charge < -0.3 is 19.9 Å². The van der Waals surface area contributed by atoms with Gasteiger partial charge in [-0.2, -0.15) is 0 Å². The molecule has 1 aromatic carbocycles. The van der Waals surface area contributed by atoms with E-state index in [9.17, 15) is 4.79 Å². The summed E-state index contributed by atoms with van der Waals surface area (Å²) in [5.41, 5.74) is 6.80. The van der Waals surface area contributed by atoms with Crippen LogP contribution < -0.4 is 10.5 Å². The predicted molar refractivity (Wildman–Crippen MR) is 75.9 cm³/mol. The molecule has 1 aliphatic rings. The second-order valence-corrected chi connectivity index (χ2v) is 4.87. The van der Waals surface area contributed by atoms with Crippen molar-refractivity contribution in [3.63, 3.8) is 0 Å². The van der Waals surface area contributed by atoms with Gasteiger partial charge >= 0.3 is 5.97 Å². The number of rotatable bonds is 6. The van der Waals surface area contributed by atoms with Crippen LogP contribution in [0, 0.1) is 0 Å². The van der Waals surface area contributed by atoms with E-state index in [2.05, 4.69) is 4.74 Å². The third-order valence-corrected chi connectivity index (χ3v) is 3.39. The number of esters is 1. The molecule has 5 heteroatoms. The number of carbonyl (C=O) groups is 1. The molecule has 0 aromatic heterocycles. The first-order chi connectivity index (χ1) is 9.70. The van der Waals surface area contributed by atoms with Crippen LogP contribution in [-0.4, -0.2) is 32.4 Å². The maximum atomic E-state index is 11.4. The fourth-order valence-electron chi connectivity index (χ4n) is 2.27. The zero-order chi connectivity index (χ0) is 14.4. The van der Waals surface area contributed by atoms with Crippen LogP contribution in [-0.2, 0) is 9.47 Å². The largest absolute Gasteiger partial charge is 0.491 e. The molecule has 1 fully saturated rings. The maximum absolute atomic E-state index is 11.4. The van der Waals surface area contributed by atoms with E-state index in [1.165, 1.54) is 7.11 Å². The second-order valence-electron chi connectivity index (χ2n) is 4.87. The minimum Gasteiger partial charge on any atom is -0.491 e. The Hall–Kier alpha value is -1.75. The topological polar surface area (TPSA) is 70.8 Å². The van der Waals surface area contributed by atoms with E-state index >= 15 is 0 Å². The van der Waals surface area contributed by atoms with Crippen LogP contribution in [0.25, 0.3) is 0 Å². The van der Waals surface area contributed by atoms with Crippen LogP contribution in [0.4, 0.5) is 5.69 Å². The molecule has 0 radical (unpaired) electrons.